The zero-order valence-electron chi connectivity index (χ0n) is 15.7. The van der Waals surface area contributed by atoms with Gasteiger partial charge in [0.1, 0.15) is 5.78 Å². The minimum Gasteiger partial charge on any atom is -0.372 e. The molecule has 4 fully saturated rings. The van der Waals surface area contributed by atoms with Gasteiger partial charge in [0.15, 0.2) is 6.29 Å². The average Bonchev–Trinajstić information content (AvgIpc) is 2.90. The molecule has 0 aromatic heterocycles. The first-order chi connectivity index (χ1) is 11.8. The number of carbonyl (C=O) groups excluding carboxylic acids is 1. The van der Waals surface area contributed by atoms with Gasteiger partial charge in [-0.05, 0) is 79.4 Å². The number of rotatable bonds is 3. The summed E-state index contributed by atoms with van der Waals surface area (Å²) in [5, 5.41) is 18.3. The highest BCUT2D eigenvalue weighted by atomic mass is 16.5. The molecule has 0 spiro atoms. The fourth-order valence-corrected chi connectivity index (χ4v) is 7.47. The van der Waals surface area contributed by atoms with E-state index < -0.39 is 6.29 Å². The predicted octanol–water partition coefficient (Wildman–Crippen LogP) is 3.29. The predicted molar refractivity (Wildman–Crippen MR) is 94.7 cm³/mol. The van der Waals surface area contributed by atoms with Crippen LogP contribution in [0.5, 0.6) is 0 Å². The molecule has 142 valence electrons. The van der Waals surface area contributed by atoms with Crippen LogP contribution in [0.15, 0.2) is 0 Å². The molecule has 0 radical (unpaired) electrons. The van der Waals surface area contributed by atoms with Crippen LogP contribution >= 0.6 is 0 Å². The molecule has 7 atom stereocenters. The zero-order valence-corrected chi connectivity index (χ0v) is 15.7. The number of ketones is 1. The van der Waals surface area contributed by atoms with Crippen molar-refractivity contribution in [2.24, 2.45) is 34.5 Å². The van der Waals surface area contributed by atoms with E-state index in [9.17, 15) is 4.79 Å². The molecule has 0 aliphatic heterocycles. The second kappa shape index (κ2) is 6.31. The van der Waals surface area contributed by atoms with Crippen molar-refractivity contribution in [1.29, 1.82) is 0 Å². The van der Waals surface area contributed by atoms with E-state index >= 15 is 0 Å². The zero-order chi connectivity index (χ0) is 17.8. The number of Topliss-reactive ketones (excluding diaryl/α,β-unsaturated/α-hetero) is 1. The SMILES string of the molecule is C[C@]12CCC(=O)C[C@@H]1CC[C@@H]1[C@@H]2CC[C@]2(C)[C@@H](OCC(O)O)CC[C@@H]12. The molecule has 4 aliphatic rings. The first kappa shape index (κ1) is 17.9. The summed E-state index contributed by atoms with van der Waals surface area (Å²) in [5.74, 6) is 3.32. The number of carbonyl (C=O) groups is 1. The summed E-state index contributed by atoms with van der Waals surface area (Å²) in [5.41, 5.74) is 0.544. The van der Waals surface area contributed by atoms with Crippen molar-refractivity contribution in [1.82, 2.24) is 0 Å². The fourth-order valence-electron chi connectivity index (χ4n) is 7.47. The van der Waals surface area contributed by atoms with E-state index in [1.807, 2.05) is 0 Å². The van der Waals surface area contributed by atoms with Gasteiger partial charge >= 0.3 is 0 Å². The topological polar surface area (TPSA) is 66.8 Å². The first-order valence-electron chi connectivity index (χ1n) is 10.3. The molecule has 0 unspecified atom stereocenters. The molecular formula is C21H34O4. The van der Waals surface area contributed by atoms with Gasteiger partial charge in [-0.1, -0.05) is 13.8 Å². The van der Waals surface area contributed by atoms with Crippen LogP contribution in [0, 0.1) is 34.5 Å². The number of fused-ring (bicyclic) bond motifs is 5. The molecule has 4 heteroatoms. The van der Waals surface area contributed by atoms with Crippen molar-refractivity contribution < 1.29 is 19.7 Å². The largest absolute Gasteiger partial charge is 0.372 e. The number of aliphatic hydroxyl groups is 2. The lowest BCUT2D eigenvalue weighted by Crippen LogP contribution is -2.54. The third kappa shape index (κ3) is 2.80. The summed E-state index contributed by atoms with van der Waals surface area (Å²) in [7, 11) is 0. The Morgan fingerprint density at radius 3 is 2.56 bits per heavy atom. The Labute approximate surface area is 151 Å². The average molecular weight is 350 g/mol. The van der Waals surface area contributed by atoms with Crippen molar-refractivity contribution >= 4 is 5.78 Å². The molecule has 0 heterocycles. The van der Waals surface area contributed by atoms with E-state index in [4.69, 9.17) is 14.9 Å². The van der Waals surface area contributed by atoms with Gasteiger partial charge in [0.2, 0.25) is 0 Å². The van der Waals surface area contributed by atoms with E-state index in [0.717, 1.165) is 37.5 Å². The minimum atomic E-state index is -1.37. The summed E-state index contributed by atoms with van der Waals surface area (Å²) in [4.78, 5) is 12.0. The summed E-state index contributed by atoms with van der Waals surface area (Å²) in [6.45, 7) is 4.89. The smallest absolute Gasteiger partial charge is 0.175 e. The van der Waals surface area contributed by atoms with Gasteiger partial charge < -0.3 is 14.9 Å². The van der Waals surface area contributed by atoms with Gasteiger partial charge in [0.05, 0.1) is 12.7 Å². The van der Waals surface area contributed by atoms with Crippen molar-refractivity contribution in [3.05, 3.63) is 0 Å². The molecular weight excluding hydrogens is 316 g/mol. The molecule has 4 aliphatic carbocycles. The van der Waals surface area contributed by atoms with E-state index in [-0.39, 0.29) is 18.1 Å². The molecule has 4 rings (SSSR count). The van der Waals surface area contributed by atoms with Gasteiger partial charge in [-0.2, -0.15) is 0 Å². The summed E-state index contributed by atoms with van der Waals surface area (Å²) in [6.07, 6.45) is 8.69. The van der Waals surface area contributed by atoms with Gasteiger partial charge in [0, 0.05) is 12.8 Å². The van der Waals surface area contributed by atoms with Crippen LogP contribution in [0.25, 0.3) is 0 Å². The summed E-state index contributed by atoms with van der Waals surface area (Å²) < 4.78 is 5.92. The fraction of sp³-hybridized carbons (Fsp3) is 0.952. The molecule has 2 N–H and O–H groups in total. The monoisotopic (exact) mass is 350 g/mol. The lowest BCUT2D eigenvalue weighted by atomic mass is 9.45. The Balaban J connectivity index is 1.53. The highest BCUT2D eigenvalue weighted by Crippen LogP contribution is 2.66. The summed E-state index contributed by atoms with van der Waals surface area (Å²) in [6, 6.07) is 0. The lowest BCUT2D eigenvalue weighted by Gasteiger charge is -2.60. The van der Waals surface area contributed by atoms with Crippen molar-refractivity contribution in [2.45, 2.75) is 84.0 Å². The maximum atomic E-state index is 12.0. The number of hydrogen-bond acceptors (Lipinski definition) is 4. The van der Waals surface area contributed by atoms with Crippen LogP contribution in [-0.4, -0.2) is 35.0 Å². The van der Waals surface area contributed by atoms with Crippen molar-refractivity contribution in [3.8, 4) is 0 Å². The quantitative estimate of drug-likeness (QED) is 0.767. The molecule has 25 heavy (non-hydrogen) atoms. The van der Waals surface area contributed by atoms with Crippen LogP contribution in [-0.2, 0) is 9.53 Å². The Bertz CT molecular complexity index is 532. The van der Waals surface area contributed by atoms with Gasteiger partial charge in [-0.25, -0.2) is 0 Å². The third-order valence-corrected chi connectivity index (χ3v) is 8.84. The normalized spacial score (nSPS) is 49.6. The third-order valence-electron chi connectivity index (χ3n) is 8.84. The Morgan fingerprint density at radius 2 is 1.80 bits per heavy atom. The highest BCUT2D eigenvalue weighted by Gasteiger charge is 2.60. The molecule has 4 nitrogen and oxygen atoms in total. The maximum absolute atomic E-state index is 12.0. The second-order valence-corrected chi connectivity index (χ2v) is 9.82. The van der Waals surface area contributed by atoms with Gasteiger partial charge in [-0.3, -0.25) is 4.79 Å². The van der Waals surface area contributed by atoms with Crippen molar-refractivity contribution in [2.75, 3.05) is 6.61 Å². The van der Waals surface area contributed by atoms with E-state index in [2.05, 4.69) is 13.8 Å². The second-order valence-electron chi connectivity index (χ2n) is 9.82. The Hall–Kier alpha value is -0.450. The molecule has 0 bridgehead atoms. The van der Waals surface area contributed by atoms with Crippen LogP contribution in [0.3, 0.4) is 0 Å². The van der Waals surface area contributed by atoms with Crippen LogP contribution in [0.4, 0.5) is 0 Å². The Morgan fingerprint density at radius 1 is 1.04 bits per heavy atom. The Kier molecular flexibility index (Phi) is 4.53. The number of ether oxygens (including phenoxy) is 1. The standard InChI is InChI=1S/C21H34O4/c1-20-9-7-14(22)11-13(20)3-4-15-16-5-6-18(25-12-19(23)24)21(16,2)10-8-17(15)20/h13,15-19,23-24H,3-12H2,1-2H3/t13-,15-,16-,17-,18-,20-,21-/m0/s1. The molecule has 0 aromatic carbocycles. The van der Waals surface area contributed by atoms with Crippen molar-refractivity contribution in [3.63, 3.8) is 0 Å². The molecule has 4 saturated carbocycles. The van der Waals surface area contributed by atoms with E-state index in [1.54, 1.807) is 0 Å². The van der Waals surface area contributed by atoms with E-state index in [0.29, 0.717) is 23.0 Å². The van der Waals surface area contributed by atoms with Crippen LogP contribution < -0.4 is 0 Å². The van der Waals surface area contributed by atoms with Gasteiger partial charge in [0.25, 0.3) is 0 Å². The summed E-state index contributed by atoms with van der Waals surface area (Å²) >= 11 is 0. The molecule has 0 aromatic rings. The highest BCUT2D eigenvalue weighted by molar-refractivity contribution is 5.79. The van der Waals surface area contributed by atoms with Gasteiger partial charge in [-0.15, -0.1) is 0 Å². The molecule has 0 saturated heterocycles. The maximum Gasteiger partial charge on any atom is 0.175 e. The molecule has 0 amide bonds. The minimum absolute atomic E-state index is 0.0307. The number of hydrogen-bond donors (Lipinski definition) is 2. The van der Waals surface area contributed by atoms with Crippen LogP contribution in [0.2, 0.25) is 0 Å². The first-order valence-corrected chi connectivity index (χ1v) is 10.3. The van der Waals surface area contributed by atoms with Crippen LogP contribution in [0.1, 0.15) is 71.6 Å². The lowest BCUT2D eigenvalue weighted by molar-refractivity contribution is -0.160. The number of aliphatic hydroxyl groups excluding tert-OH is 1. The van der Waals surface area contributed by atoms with E-state index in [1.165, 1.54) is 32.1 Å².